The summed E-state index contributed by atoms with van der Waals surface area (Å²) in [6.45, 7) is 0.713. The lowest BCUT2D eigenvalue weighted by atomic mass is 10.1. The Hall–Kier alpha value is -1.09. The number of epoxide rings is 1. The maximum atomic E-state index is 12.9. The highest BCUT2D eigenvalue weighted by molar-refractivity contribution is 5.54. The second-order valence-corrected chi connectivity index (χ2v) is 3.42. The molecule has 70 valence electrons. The highest BCUT2D eigenvalue weighted by Crippen LogP contribution is 2.36. The first-order valence-electron chi connectivity index (χ1n) is 4.27. The number of ether oxygens (including phenoxy) is 1. The fourth-order valence-corrected chi connectivity index (χ4v) is 1.42. The van der Waals surface area contributed by atoms with Crippen molar-refractivity contribution in [2.45, 2.75) is 6.10 Å². The van der Waals surface area contributed by atoms with E-state index >= 15 is 0 Å². The minimum atomic E-state index is -0.198. The van der Waals surface area contributed by atoms with Crippen molar-refractivity contribution in [2.24, 2.45) is 0 Å². The Morgan fingerprint density at radius 1 is 1.46 bits per heavy atom. The Labute approximate surface area is 76.9 Å². The van der Waals surface area contributed by atoms with Crippen LogP contribution in [0.2, 0.25) is 0 Å². The summed E-state index contributed by atoms with van der Waals surface area (Å²) < 4.78 is 18.1. The molecule has 1 aromatic rings. The van der Waals surface area contributed by atoms with E-state index in [4.69, 9.17) is 4.74 Å². The van der Waals surface area contributed by atoms with Crippen LogP contribution in [0.25, 0.3) is 0 Å². The highest BCUT2D eigenvalue weighted by Gasteiger charge is 2.28. The minimum Gasteiger partial charge on any atom is -0.377 e. The quantitative estimate of drug-likeness (QED) is 0.648. The molecule has 0 spiro atoms. The van der Waals surface area contributed by atoms with Crippen LogP contribution in [0.5, 0.6) is 0 Å². The molecule has 0 amide bonds. The lowest BCUT2D eigenvalue weighted by Gasteiger charge is -2.16. The van der Waals surface area contributed by atoms with E-state index in [-0.39, 0.29) is 11.9 Å². The summed E-state index contributed by atoms with van der Waals surface area (Å²) in [5.41, 5.74) is 1.98. The van der Waals surface area contributed by atoms with E-state index in [0.717, 1.165) is 11.3 Å². The maximum absolute atomic E-state index is 12.9. The SMILES string of the molecule is CN(C)c1ccc(F)cc1[C@@H]1CO1. The fraction of sp³-hybridized carbons (Fsp3) is 0.400. The molecule has 3 heteroatoms. The molecule has 0 aliphatic carbocycles. The zero-order chi connectivity index (χ0) is 9.42. The third kappa shape index (κ3) is 1.65. The van der Waals surface area contributed by atoms with Gasteiger partial charge >= 0.3 is 0 Å². The predicted octanol–water partition coefficient (Wildman–Crippen LogP) is 1.96. The van der Waals surface area contributed by atoms with Crippen LogP contribution < -0.4 is 4.90 Å². The monoisotopic (exact) mass is 181 g/mol. The van der Waals surface area contributed by atoms with Crippen LogP contribution in [0.15, 0.2) is 18.2 Å². The van der Waals surface area contributed by atoms with Crippen molar-refractivity contribution in [3.63, 3.8) is 0 Å². The second-order valence-electron chi connectivity index (χ2n) is 3.42. The molecule has 1 aliphatic rings. The van der Waals surface area contributed by atoms with Crippen LogP contribution in [0.4, 0.5) is 10.1 Å². The van der Waals surface area contributed by atoms with E-state index in [1.165, 1.54) is 6.07 Å². The number of benzene rings is 1. The molecule has 0 bridgehead atoms. The Bertz CT molecular complexity index is 321. The summed E-state index contributed by atoms with van der Waals surface area (Å²) in [6, 6.07) is 4.81. The molecule has 0 aromatic heterocycles. The van der Waals surface area contributed by atoms with E-state index in [0.29, 0.717) is 6.61 Å². The van der Waals surface area contributed by atoms with Crippen LogP contribution >= 0.6 is 0 Å². The number of halogens is 1. The standard InChI is InChI=1S/C10H12FNO/c1-12(2)9-4-3-7(11)5-8(9)10-6-13-10/h3-5,10H,6H2,1-2H3/t10-/m0/s1. The molecule has 1 saturated heterocycles. The molecule has 1 fully saturated rings. The highest BCUT2D eigenvalue weighted by atomic mass is 19.1. The van der Waals surface area contributed by atoms with Crippen molar-refractivity contribution >= 4 is 5.69 Å². The molecule has 0 unspecified atom stereocenters. The zero-order valence-electron chi connectivity index (χ0n) is 7.75. The summed E-state index contributed by atoms with van der Waals surface area (Å²) >= 11 is 0. The van der Waals surface area contributed by atoms with E-state index in [1.807, 2.05) is 19.0 Å². The summed E-state index contributed by atoms with van der Waals surface area (Å²) in [6.07, 6.45) is 0.105. The zero-order valence-corrected chi connectivity index (χ0v) is 7.75. The van der Waals surface area contributed by atoms with Crippen molar-refractivity contribution in [2.75, 3.05) is 25.6 Å². The number of anilines is 1. The van der Waals surface area contributed by atoms with Gasteiger partial charge in [0.15, 0.2) is 0 Å². The van der Waals surface area contributed by atoms with Crippen LogP contribution in [-0.4, -0.2) is 20.7 Å². The second kappa shape index (κ2) is 3.00. The lowest BCUT2D eigenvalue weighted by Crippen LogP contribution is -2.11. The van der Waals surface area contributed by atoms with Gasteiger partial charge in [-0.05, 0) is 18.2 Å². The van der Waals surface area contributed by atoms with E-state index in [1.54, 1.807) is 12.1 Å². The molecule has 1 aromatic carbocycles. The van der Waals surface area contributed by atoms with Crippen molar-refractivity contribution in [1.29, 1.82) is 0 Å². The van der Waals surface area contributed by atoms with Crippen LogP contribution in [0.3, 0.4) is 0 Å². The Morgan fingerprint density at radius 3 is 2.69 bits per heavy atom. The van der Waals surface area contributed by atoms with Gasteiger partial charge in [0.05, 0.1) is 6.61 Å². The van der Waals surface area contributed by atoms with E-state index in [9.17, 15) is 4.39 Å². The smallest absolute Gasteiger partial charge is 0.123 e. The van der Waals surface area contributed by atoms with Crippen LogP contribution in [-0.2, 0) is 4.74 Å². The molecule has 1 aliphatic heterocycles. The first-order valence-corrected chi connectivity index (χ1v) is 4.27. The van der Waals surface area contributed by atoms with Gasteiger partial charge in [-0.3, -0.25) is 0 Å². The fourth-order valence-electron chi connectivity index (χ4n) is 1.42. The van der Waals surface area contributed by atoms with E-state index < -0.39 is 0 Å². The average Bonchev–Trinajstić information content (AvgIpc) is 2.85. The summed E-state index contributed by atoms with van der Waals surface area (Å²) in [4.78, 5) is 1.97. The first-order chi connectivity index (χ1) is 6.18. The van der Waals surface area contributed by atoms with Gasteiger partial charge in [0.1, 0.15) is 11.9 Å². The van der Waals surface area contributed by atoms with Crippen molar-refractivity contribution in [1.82, 2.24) is 0 Å². The largest absolute Gasteiger partial charge is 0.377 e. The molecular weight excluding hydrogens is 169 g/mol. The van der Waals surface area contributed by atoms with Gasteiger partial charge in [-0.15, -0.1) is 0 Å². The van der Waals surface area contributed by atoms with Gasteiger partial charge in [-0.1, -0.05) is 0 Å². The Morgan fingerprint density at radius 2 is 2.15 bits per heavy atom. The van der Waals surface area contributed by atoms with Crippen molar-refractivity contribution < 1.29 is 9.13 Å². The molecule has 2 rings (SSSR count). The molecule has 0 N–H and O–H groups in total. The topological polar surface area (TPSA) is 15.8 Å². The maximum Gasteiger partial charge on any atom is 0.123 e. The minimum absolute atomic E-state index is 0.105. The molecule has 0 saturated carbocycles. The van der Waals surface area contributed by atoms with Crippen molar-refractivity contribution in [3.05, 3.63) is 29.6 Å². The molecule has 1 atom stereocenters. The Balaban J connectivity index is 2.42. The summed E-state index contributed by atoms with van der Waals surface area (Å²) in [5, 5.41) is 0. The summed E-state index contributed by atoms with van der Waals surface area (Å²) in [7, 11) is 3.89. The first kappa shape index (κ1) is 8.51. The van der Waals surface area contributed by atoms with Crippen LogP contribution in [0, 0.1) is 5.82 Å². The van der Waals surface area contributed by atoms with E-state index in [2.05, 4.69) is 0 Å². The van der Waals surface area contributed by atoms with Gasteiger partial charge in [-0.25, -0.2) is 4.39 Å². The van der Waals surface area contributed by atoms with Gasteiger partial charge < -0.3 is 9.64 Å². The number of hydrogen-bond acceptors (Lipinski definition) is 2. The predicted molar refractivity (Wildman–Crippen MR) is 49.4 cm³/mol. The lowest BCUT2D eigenvalue weighted by molar-refractivity contribution is 0.415. The van der Waals surface area contributed by atoms with Crippen molar-refractivity contribution in [3.8, 4) is 0 Å². The third-order valence-electron chi connectivity index (χ3n) is 2.15. The third-order valence-corrected chi connectivity index (χ3v) is 2.15. The Kier molecular flexibility index (Phi) is 1.96. The number of rotatable bonds is 2. The molecule has 1 heterocycles. The van der Waals surface area contributed by atoms with Gasteiger partial charge in [-0.2, -0.15) is 0 Å². The molecular formula is C10H12FNO. The van der Waals surface area contributed by atoms with Crippen LogP contribution in [0.1, 0.15) is 11.7 Å². The van der Waals surface area contributed by atoms with Gasteiger partial charge in [0, 0.05) is 25.3 Å². The summed E-state index contributed by atoms with van der Waals surface area (Å²) in [5.74, 6) is -0.198. The average molecular weight is 181 g/mol. The molecule has 2 nitrogen and oxygen atoms in total. The van der Waals surface area contributed by atoms with Gasteiger partial charge in [0.2, 0.25) is 0 Å². The number of nitrogens with zero attached hydrogens (tertiary/aromatic N) is 1. The number of hydrogen-bond donors (Lipinski definition) is 0. The normalized spacial score (nSPS) is 20.1. The molecule has 0 radical (unpaired) electrons. The molecule has 13 heavy (non-hydrogen) atoms. The van der Waals surface area contributed by atoms with Gasteiger partial charge in [0.25, 0.3) is 0 Å².